The first-order valence-electron chi connectivity index (χ1n) is 3.89. The highest BCUT2D eigenvalue weighted by atomic mass is 79.9. The molecule has 0 bridgehead atoms. The zero-order valence-corrected chi connectivity index (χ0v) is 8.68. The minimum absolute atomic E-state index is 0.228. The molecule has 0 spiro atoms. The van der Waals surface area contributed by atoms with Crippen LogP contribution in [0.15, 0.2) is 22.8 Å². The van der Waals surface area contributed by atoms with Gasteiger partial charge in [-0.05, 0) is 28.1 Å². The number of hydrogen-bond donors (Lipinski definition) is 2. The van der Waals surface area contributed by atoms with Crippen molar-refractivity contribution in [1.82, 2.24) is 4.98 Å². The molecule has 1 aromatic carbocycles. The number of pyridine rings is 1. The number of anilines is 2. The Labute approximate surface area is 88.0 Å². The predicted octanol–water partition coefficient (Wildman–Crippen LogP) is 2.30. The molecule has 0 amide bonds. The van der Waals surface area contributed by atoms with E-state index in [0.29, 0.717) is 21.2 Å². The lowest BCUT2D eigenvalue weighted by Gasteiger charge is -2.05. The van der Waals surface area contributed by atoms with Crippen molar-refractivity contribution in [3.05, 3.63) is 28.6 Å². The molecule has 0 radical (unpaired) electrons. The molecule has 72 valence electrons. The molecular formula is C9H7BrFN3. The van der Waals surface area contributed by atoms with Gasteiger partial charge in [0.15, 0.2) is 5.82 Å². The molecule has 1 heterocycles. The van der Waals surface area contributed by atoms with Gasteiger partial charge in [-0.1, -0.05) is 0 Å². The van der Waals surface area contributed by atoms with Crippen LogP contribution in [0.3, 0.4) is 0 Å². The Morgan fingerprint density at radius 1 is 1.29 bits per heavy atom. The van der Waals surface area contributed by atoms with Gasteiger partial charge in [-0.3, -0.25) is 4.98 Å². The van der Waals surface area contributed by atoms with E-state index in [2.05, 4.69) is 20.9 Å². The maximum atomic E-state index is 13.5. The van der Waals surface area contributed by atoms with Crippen LogP contribution in [0.1, 0.15) is 0 Å². The van der Waals surface area contributed by atoms with Crippen LogP contribution in [0.5, 0.6) is 0 Å². The fourth-order valence-electron chi connectivity index (χ4n) is 1.24. The average Bonchev–Trinajstić information content (AvgIpc) is 2.17. The van der Waals surface area contributed by atoms with E-state index in [1.54, 1.807) is 12.1 Å². The van der Waals surface area contributed by atoms with E-state index < -0.39 is 5.82 Å². The van der Waals surface area contributed by atoms with Gasteiger partial charge in [-0.25, -0.2) is 4.39 Å². The number of nitrogens with two attached hydrogens (primary N) is 2. The molecular weight excluding hydrogens is 249 g/mol. The number of aromatic nitrogens is 1. The summed E-state index contributed by atoms with van der Waals surface area (Å²) in [6.45, 7) is 0. The van der Waals surface area contributed by atoms with Crippen molar-refractivity contribution in [1.29, 1.82) is 0 Å². The topological polar surface area (TPSA) is 64.9 Å². The normalized spacial score (nSPS) is 10.7. The Morgan fingerprint density at radius 3 is 2.71 bits per heavy atom. The van der Waals surface area contributed by atoms with Crippen LogP contribution < -0.4 is 11.5 Å². The summed E-state index contributed by atoms with van der Waals surface area (Å²) in [5.41, 5.74) is 12.2. The third-order valence-electron chi connectivity index (χ3n) is 2.00. The fraction of sp³-hybridized carbons (Fsp3) is 0. The summed E-state index contributed by atoms with van der Waals surface area (Å²) in [5.74, 6) is -0.422. The van der Waals surface area contributed by atoms with Crippen molar-refractivity contribution >= 4 is 38.2 Å². The molecule has 5 heteroatoms. The second kappa shape index (κ2) is 3.09. The minimum Gasteiger partial charge on any atom is -0.396 e. The summed E-state index contributed by atoms with van der Waals surface area (Å²) in [6, 6.07) is 3.26. The van der Waals surface area contributed by atoms with E-state index in [0.717, 1.165) is 0 Å². The quantitative estimate of drug-likeness (QED) is 0.760. The van der Waals surface area contributed by atoms with Crippen molar-refractivity contribution < 1.29 is 4.39 Å². The summed E-state index contributed by atoms with van der Waals surface area (Å²) in [5, 5.41) is 0.533. The predicted molar refractivity (Wildman–Crippen MR) is 58.2 cm³/mol. The number of fused-ring (bicyclic) bond motifs is 1. The molecule has 0 saturated heterocycles. The second-order valence-corrected chi connectivity index (χ2v) is 3.74. The number of benzene rings is 1. The Balaban J connectivity index is 2.94. The van der Waals surface area contributed by atoms with Gasteiger partial charge >= 0.3 is 0 Å². The lowest BCUT2D eigenvalue weighted by molar-refractivity contribution is 0.630. The largest absolute Gasteiger partial charge is 0.396 e. The first-order valence-corrected chi connectivity index (χ1v) is 4.68. The van der Waals surface area contributed by atoms with E-state index >= 15 is 0 Å². The molecule has 1 aromatic heterocycles. The second-order valence-electron chi connectivity index (χ2n) is 2.88. The molecule has 2 aromatic rings. The average molecular weight is 256 g/mol. The van der Waals surface area contributed by atoms with Crippen LogP contribution >= 0.6 is 15.9 Å². The molecule has 0 aliphatic rings. The van der Waals surface area contributed by atoms with Crippen LogP contribution in [-0.4, -0.2) is 4.98 Å². The summed E-state index contributed by atoms with van der Waals surface area (Å²) in [4.78, 5) is 3.89. The molecule has 0 saturated carbocycles. The number of halogens is 2. The summed E-state index contributed by atoms with van der Waals surface area (Å²) < 4.78 is 13.9. The first kappa shape index (κ1) is 9.21. The van der Waals surface area contributed by atoms with Crippen LogP contribution in [-0.2, 0) is 0 Å². The molecule has 0 fully saturated rings. The van der Waals surface area contributed by atoms with E-state index in [9.17, 15) is 4.39 Å². The van der Waals surface area contributed by atoms with Crippen LogP contribution in [0, 0.1) is 5.82 Å². The Bertz CT molecular complexity index is 466. The highest BCUT2D eigenvalue weighted by Crippen LogP contribution is 2.29. The molecule has 0 aliphatic carbocycles. The van der Waals surface area contributed by atoms with Crippen molar-refractivity contribution in [2.75, 3.05) is 11.5 Å². The first-order chi connectivity index (χ1) is 6.61. The molecule has 3 nitrogen and oxygen atoms in total. The third-order valence-corrected chi connectivity index (χ3v) is 2.62. The molecule has 14 heavy (non-hydrogen) atoms. The highest BCUT2D eigenvalue weighted by molar-refractivity contribution is 9.10. The minimum atomic E-state index is -0.422. The Morgan fingerprint density at radius 2 is 2.00 bits per heavy atom. The Hall–Kier alpha value is -1.36. The van der Waals surface area contributed by atoms with Gasteiger partial charge in [0.2, 0.25) is 0 Å². The monoisotopic (exact) mass is 255 g/mol. The molecule has 0 atom stereocenters. The zero-order chi connectivity index (χ0) is 10.3. The van der Waals surface area contributed by atoms with Gasteiger partial charge in [-0.2, -0.15) is 0 Å². The maximum Gasteiger partial charge on any atom is 0.163 e. The van der Waals surface area contributed by atoms with Gasteiger partial charge in [0.05, 0.1) is 22.0 Å². The molecule has 4 N–H and O–H groups in total. The lowest BCUT2D eigenvalue weighted by Crippen LogP contribution is -1.98. The van der Waals surface area contributed by atoms with Gasteiger partial charge < -0.3 is 11.5 Å². The molecule has 2 rings (SSSR count). The van der Waals surface area contributed by atoms with E-state index in [-0.39, 0.29) is 5.52 Å². The maximum absolute atomic E-state index is 13.5. The van der Waals surface area contributed by atoms with Crippen molar-refractivity contribution in [3.63, 3.8) is 0 Å². The van der Waals surface area contributed by atoms with Gasteiger partial charge in [0, 0.05) is 5.39 Å². The Kier molecular flexibility index (Phi) is 2.03. The number of nitrogens with zero attached hydrogens (tertiary/aromatic N) is 1. The zero-order valence-electron chi connectivity index (χ0n) is 7.09. The summed E-state index contributed by atoms with van der Waals surface area (Å²) in [6.07, 6.45) is 1.35. The van der Waals surface area contributed by atoms with E-state index in [1.165, 1.54) is 6.20 Å². The lowest BCUT2D eigenvalue weighted by atomic mass is 10.1. The van der Waals surface area contributed by atoms with Crippen LogP contribution in [0.4, 0.5) is 15.8 Å². The molecule has 0 unspecified atom stereocenters. The fourth-order valence-corrected chi connectivity index (χ4v) is 1.56. The number of hydrogen-bond acceptors (Lipinski definition) is 3. The van der Waals surface area contributed by atoms with Gasteiger partial charge in [0.25, 0.3) is 0 Å². The van der Waals surface area contributed by atoms with Crippen LogP contribution in [0.25, 0.3) is 10.9 Å². The standard InChI is InChI=1S/C9H7BrFN3/c10-5-2-1-4-8(13)6(12)3-14-9(4)7(5)11/h1-3H,12H2,(H2,13,14). The highest BCUT2D eigenvalue weighted by Gasteiger charge is 2.09. The van der Waals surface area contributed by atoms with E-state index in [1.807, 2.05) is 0 Å². The van der Waals surface area contributed by atoms with Crippen molar-refractivity contribution in [2.24, 2.45) is 0 Å². The summed E-state index contributed by atoms with van der Waals surface area (Å²) in [7, 11) is 0. The summed E-state index contributed by atoms with van der Waals surface area (Å²) >= 11 is 3.07. The smallest absolute Gasteiger partial charge is 0.163 e. The van der Waals surface area contributed by atoms with Crippen molar-refractivity contribution in [3.8, 4) is 0 Å². The third kappa shape index (κ3) is 1.21. The van der Waals surface area contributed by atoms with E-state index in [4.69, 9.17) is 11.5 Å². The van der Waals surface area contributed by atoms with Crippen molar-refractivity contribution in [2.45, 2.75) is 0 Å². The SMILES string of the molecule is Nc1cnc2c(F)c(Br)ccc2c1N. The van der Waals surface area contributed by atoms with Crippen LogP contribution in [0.2, 0.25) is 0 Å². The van der Waals surface area contributed by atoms with Gasteiger partial charge in [-0.15, -0.1) is 0 Å². The van der Waals surface area contributed by atoms with Gasteiger partial charge in [0.1, 0.15) is 5.52 Å². The molecule has 0 aliphatic heterocycles. The number of nitrogen functional groups attached to an aromatic ring is 2. The number of rotatable bonds is 0.